The number of halogens is 1. The zero-order chi connectivity index (χ0) is 19.1. The number of hydrogen-bond donors (Lipinski definition) is 0. The maximum atomic E-state index is 6.08. The van der Waals surface area contributed by atoms with Gasteiger partial charge in [0.25, 0.3) is 0 Å². The first-order chi connectivity index (χ1) is 13.7. The molecule has 28 heavy (non-hydrogen) atoms. The molecule has 4 heteroatoms. The van der Waals surface area contributed by atoms with Gasteiger partial charge in [-0.3, -0.25) is 0 Å². The van der Waals surface area contributed by atoms with Gasteiger partial charge in [0.05, 0.1) is 11.4 Å². The van der Waals surface area contributed by atoms with E-state index < -0.39 is 0 Å². The largest absolute Gasteiger partial charge is 0.236 e. The molecule has 0 atom stereocenters. The lowest BCUT2D eigenvalue weighted by Gasteiger charge is -2.07. The summed E-state index contributed by atoms with van der Waals surface area (Å²) in [6.45, 7) is 2.12. The van der Waals surface area contributed by atoms with Crippen molar-refractivity contribution in [3.8, 4) is 22.4 Å². The standard InChI is InChI=1S/C24H18ClN3/c1-2-21-23(17-9-11-20(25)12-10-17)24-26-14-13-22(28(24)27-21)19-8-7-16-5-3-4-6-18(16)15-19/h3-15H,2H2,1H3. The number of nitrogens with zero attached hydrogens (tertiary/aromatic N) is 3. The van der Waals surface area contributed by atoms with Gasteiger partial charge in [-0.05, 0) is 47.0 Å². The van der Waals surface area contributed by atoms with Crippen molar-refractivity contribution in [2.24, 2.45) is 0 Å². The van der Waals surface area contributed by atoms with Gasteiger partial charge in [-0.25, -0.2) is 9.50 Å². The summed E-state index contributed by atoms with van der Waals surface area (Å²) < 4.78 is 1.97. The van der Waals surface area contributed by atoms with Gasteiger partial charge < -0.3 is 0 Å². The van der Waals surface area contributed by atoms with E-state index in [2.05, 4.69) is 54.4 Å². The minimum Gasteiger partial charge on any atom is -0.236 e. The lowest BCUT2D eigenvalue weighted by atomic mass is 10.0. The molecule has 3 aromatic carbocycles. The van der Waals surface area contributed by atoms with Crippen LogP contribution in [-0.4, -0.2) is 14.6 Å². The summed E-state index contributed by atoms with van der Waals surface area (Å²) in [5.74, 6) is 0. The highest BCUT2D eigenvalue weighted by atomic mass is 35.5. The third-order valence-corrected chi connectivity index (χ3v) is 5.36. The normalized spacial score (nSPS) is 11.4. The Morgan fingerprint density at radius 2 is 1.61 bits per heavy atom. The van der Waals surface area contributed by atoms with Gasteiger partial charge in [0, 0.05) is 22.3 Å². The van der Waals surface area contributed by atoms with Gasteiger partial charge in [-0.1, -0.05) is 67.1 Å². The molecule has 3 nitrogen and oxygen atoms in total. The van der Waals surface area contributed by atoms with Crippen LogP contribution < -0.4 is 0 Å². The first-order valence-electron chi connectivity index (χ1n) is 9.36. The molecule has 0 radical (unpaired) electrons. The van der Waals surface area contributed by atoms with Crippen LogP contribution >= 0.6 is 11.6 Å². The highest BCUT2D eigenvalue weighted by Crippen LogP contribution is 2.32. The Hall–Kier alpha value is -3.17. The zero-order valence-corrected chi connectivity index (χ0v) is 16.2. The lowest BCUT2D eigenvalue weighted by molar-refractivity contribution is 0.894. The molecule has 0 bridgehead atoms. The van der Waals surface area contributed by atoms with Crippen molar-refractivity contribution >= 4 is 28.0 Å². The molecule has 2 heterocycles. The van der Waals surface area contributed by atoms with E-state index in [1.54, 1.807) is 0 Å². The van der Waals surface area contributed by atoms with Crippen LogP contribution in [0.1, 0.15) is 12.6 Å². The van der Waals surface area contributed by atoms with E-state index in [0.717, 1.165) is 45.2 Å². The minimum atomic E-state index is 0.725. The fraction of sp³-hybridized carbons (Fsp3) is 0.0833. The van der Waals surface area contributed by atoms with Crippen LogP contribution in [0.15, 0.2) is 79.0 Å². The van der Waals surface area contributed by atoms with Crippen LogP contribution in [0.5, 0.6) is 0 Å². The SMILES string of the molecule is CCc1nn2c(-c3ccc4ccccc4c3)ccnc2c1-c1ccc(Cl)cc1. The van der Waals surface area contributed by atoms with Crippen LogP contribution in [0.4, 0.5) is 0 Å². The molecule has 0 saturated carbocycles. The molecule has 2 aromatic heterocycles. The van der Waals surface area contributed by atoms with Crippen LogP contribution in [0.3, 0.4) is 0 Å². The Labute approximate surface area is 168 Å². The Morgan fingerprint density at radius 3 is 2.39 bits per heavy atom. The summed E-state index contributed by atoms with van der Waals surface area (Å²) in [6.07, 6.45) is 2.69. The summed E-state index contributed by atoms with van der Waals surface area (Å²) in [6, 6.07) is 24.8. The van der Waals surface area contributed by atoms with E-state index in [9.17, 15) is 0 Å². The number of hydrogen-bond acceptors (Lipinski definition) is 2. The van der Waals surface area contributed by atoms with E-state index in [-0.39, 0.29) is 0 Å². The van der Waals surface area contributed by atoms with Gasteiger partial charge in [-0.2, -0.15) is 5.10 Å². The Balaban J connectivity index is 1.75. The smallest absolute Gasteiger partial charge is 0.163 e. The predicted octanol–water partition coefficient (Wildman–Crippen LogP) is 6.43. The molecule has 0 spiro atoms. The van der Waals surface area contributed by atoms with E-state index in [1.165, 1.54) is 10.8 Å². The maximum absolute atomic E-state index is 6.08. The summed E-state index contributed by atoms with van der Waals surface area (Å²) >= 11 is 6.08. The van der Waals surface area contributed by atoms with Crippen molar-refractivity contribution in [3.63, 3.8) is 0 Å². The van der Waals surface area contributed by atoms with E-state index >= 15 is 0 Å². The third-order valence-electron chi connectivity index (χ3n) is 5.10. The van der Waals surface area contributed by atoms with Gasteiger partial charge in [-0.15, -0.1) is 0 Å². The molecule has 0 unspecified atom stereocenters. The third kappa shape index (κ3) is 2.76. The van der Waals surface area contributed by atoms with Crippen LogP contribution in [0, 0.1) is 0 Å². The number of aromatic nitrogens is 3. The fourth-order valence-corrected chi connectivity index (χ4v) is 3.84. The number of aryl methyl sites for hydroxylation is 1. The second kappa shape index (κ2) is 6.77. The second-order valence-electron chi connectivity index (χ2n) is 6.81. The number of fused-ring (bicyclic) bond motifs is 2. The molecule has 136 valence electrons. The van der Waals surface area contributed by atoms with Gasteiger partial charge >= 0.3 is 0 Å². The fourth-order valence-electron chi connectivity index (χ4n) is 3.72. The minimum absolute atomic E-state index is 0.725. The van der Waals surface area contributed by atoms with Gasteiger partial charge in [0.2, 0.25) is 0 Å². The first kappa shape index (κ1) is 17.0. The molecule has 0 fully saturated rings. The first-order valence-corrected chi connectivity index (χ1v) is 9.74. The Bertz CT molecular complexity index is 1300. The van der Waals surface area contributed by atoms with Crippen molar-refractivity contribution in [2.75, 3.05) is 0 Å². The zero-order valence-electron chi connectivity index (χ0n) is 15.4. The van der Waals surface area contributed by atoms with Crippen LogP contribution in [0.25, 0.3) is 38.8 Å². The van der Waals surface area contributed by atoms with Crippen molar-refractivity contribution < 1.29 is 0 Å². The van der Waals surface area contributed by atoms with Crippen molar-refractivity contribution in [3.05, 3.63) is 89.7 Å². The quantitative estimate of drug-likeness (QED) is 0.359. The summed E-state index contributed by atoms with van der Waals surface area (Å²) in [5, 5.41) is 8.08. The molecule has 0 aliphatic rings. The highest BCUT2D eigenvalue weighted by Gasteiger charge is 2.17. The average Bonchev–Trinajstić information content (AvgIpc) is 3.13. The van der Waals surface area contributed by atoms with Crippen molar-refractivity contribution in [1.82, 2.24) is 14.6 Å². The van der Waals surface area contributed by atoms with E-state index in [1.807, 2.05) is 41.0 Å². The monoisotopic (exact) mass is 383 g/mol. The van der Waals surface area contributed by atoms with E-state index in [0.29, 0.717) is 0 Å². The summed E-state index contributed by atoms with van der Waals surface area (Å²) in [7, 11) is 0. The van der Waals surface area contributed by atoms with Crippen molar-refractivity contribution in [2.45, 2.75) is 13.3 Å². The molecule has 0 saturated heterocycles. The molecule has 0 amide bonds. The Morgan fingerprint density at radius 1 is 0.857 bits per heavy atom. The van der Waals surface area contributed by atoms with Crippen LogP contribution in [0.2, 0.25) is 5.02 Å². The molecule has 5 rings (SSSR count). The molecule has 0 aliphatic carbocycles. The molecule has 0 N–H and O–H groups in total. The topological polar surface area (TPSA) is 30.2 Å². The Kier molecular flexibility index (Phi) is 4.10. The van der Waals surface area contributed by atoms with E-state index in [4.69, 9.17) is 16.7 Å². The lowest BCUT2D eigenvalue weighted by Crippen LogP contribution is -1.96. The number of rotatable bonds is 3. The highest BCUT2D eigenvalue weighted by molar-refractivity contribution is 6.30. The summed E-state index contributed by atoms with van der Waals surface area (Å²) in [5.41, 5.74) is 6.21. The molecular formula is C24H18ClN3. The summed E-state index contributed by atoms with van der Waals surface area (Å²) in [4.78, 5) is 4.66. The predicted molar refractivity (Wildman–Crippen MR) is 116 cm³/mol. The maximum Gasteiger partial charge on any atom is 0.163 e. The van der Waals surface area contributed by atoms with Crippen molar-refractivity contribution in [1.29, 1.82) is 0 Å². The average molecular weight is 384 g/mol. The second-order valence-corrected chi connectivity index (χ2v) is 7.25. The molecular weight excluding hydrogens is 366 g/mol. The molecule has 0 aliphatic heterocycles. The number of benzene rings is 3. The van der Waals surface area contributed by atoms with Gasteiger partial charge in [0.1, 0.15) is 0 Å². The van der Waals surface area contributed by atoms with Gasteiger partial charge in [0.15, 0.2) is 5.65 Å². The molecule has 5 aromatic rings. The van der Waals surface area contributed by atoms with Crippen LogP contribution in [-0.2, 0) is 6.42 Å².